The number of aliphatic carboxylic acids is 1. The van der Waals surface area contributed by atoms with E-state index in [2.05, 4.69) is 29.4 Å². The SMILES string of the molecule is C[C@]12CC[C@@H]3c4ccc(C(=O)NCC5(C(=O)O)CCOCC5)cc4CC[C@H]3[C@@H]1CC=C2c1cncc(F)c1. The molecule has 0 bridgehead atoms. The van der Waals surface area contributed by atoms with Gasteiger partial charge in [-0.15, -0.1) is 0 Å². The van der Waals surface area contributed by atoms with Crippen LogP contribution in [0.15, 0.2) is 42.7 Å². The van der Waals surface area contributed by atoms with E-state index in [-0.39, 0.29) is 23.7 Å². The van der Waals surface area contributed by atoms with Crippen LogP contribution in [0.25, 0.3) is 5.57 Å². The smallest absolute Gasteiger partial charge is 0.311 e. The predicted octanol–water partition coefficient (Wildman–Crippen LogP) is 5.38. The summed E-state index contributed by atoms with van der Waals surface area (Å²) >= 11 is 0. The number of carbonyl (C=O) groups excluding carboxylic acids is 1. The maximum atomic E-state index is 13.9. The van der Waals surface area contributed by atoms with Crippen LogP contribution >= 0.6 is 0 Å². The highest BCUT2D eigenvalue weighted by molar-refractivity contribution is 5.95. The molecule has 1 aromatic carbocycles. The number of aryl methyl sites for hydroxylation is 1. The minimum absolute atomic E-state index is 0.0260. The highest BCUT2D eigenvalue weighted by Gasteiger charge is 2.52. The van der Waals surface area contributed by atoms with E-state index in [9.17, 15) is 19.1 Å². The van der Waals surface area contributed by atoms with Gasteiger partial charge in [0.05, 0.1) is 11.6 Å². The molecule has 0 spiro atoms. The number of carboxylic acid groups (broad SMARTS) is 1. The van der Waals surface area contributed by atoms with Crippen molar-refractivity contribution in [1.29, 1.82) is 0 Å². The van der Waals surface area contributed by atoms with Crippen LogP contribution in [0.3, 0.4) is 0 Å². The van der Waals surface area contributed by atoms with E-state index in [4.69, 9.17) is 4.74 Å². The number of amides is 1. The van der Waals surface area contributed by atoms with Crippen LogP contribution in [0.5, 0.6) is 0 Å². The Labute approximate surface area is 222 Å². The zero-order valence-corrected chi connectivity index (χ0v) is 21.8. The molecule has 2 N–H and O–H groups in total. The van der Waals surface area contributed by atoms with E-state index in [1.165, 1.54) is 22.9 Å². The van der Waals surface area contributed by atoms with Crippen molar-refractivity contribution < 1.29 is 23.8 Å². The van der Waals surface area contributed by atoms with Gasteiger partial charge in [0.2, 0.25) is 0 Å². The molecule has 1 amide bonds. The average Bonchev–Trinajstić information content (AvgIpc) is 3.29. The number of pyridine rings is 1. The maximum absolute atomic E-state index is 13.9. The van der Waals surface area contributed by atoms with Crippen LogP contribution in [-0.4, -0.2) is 41.7 Å². The second-order valence-corrected chi connectivity index (χ2v) is 11.9. The first-order valence-corrected chi connectivity index (χ1v) is 13.8. The Bertz CT molecular complexity index is 1300. The third-order valence-electron chi connectivity index (χ3n) is 10.1. The maximum Gasteiger partial charge on any atom is 0.311 e. The number of allylic oxidation sites excluding steroid dienone is 2. The molecule has 1 aliphatic heterocycles. The van der Waals surface area contributed by atoms with Gasteiger partial charge in [-0.1, -0.05) is 19.1 Å². The van der Waals surface area contributed by atoms with Crippen molar-refractivity contribution in [3.05, 3.63) is 70.8 Å². The van der Waals surface area contributed by atoms with E-state index < -0.39 is 11.4 Å². The minimum atomic E-state index is -0.958. The molecule has 1 saturated heterocycles. The molecular formula is C31H35FN2O4. The number of rotatable bonds is 5. The molecule has 0 radical (unpaired) electrons. The number of ether oxygens (including phenoxy) is 1. The lowest BCUT2D eigenvalue weighted by Gasteiger charge is -2.50. The van der Waals surface area contributed by atoms with Crippen LogP contribution < -0.4 is 5.32 Å². The Kier molecular flexibility index (Phi) is 6.37. The number of fused-ring (bicyclic) bond motifs is 5. The number of benzene rings is 1. The summed E-state index contributed by atoms with van der Waals surface area (Å²) in [4.78, 5) is 29.1. The average molecular weight is 519 g/mol. The highest BCUT2D eigenvalue weighted by Crippen LogP contribution is 2.63. The molecule has 6 nitrogen and oxygen atoms in total. The van der Waals surface area contributed by atoms with Crippen molar-refractivity contribution in [3.63, 3.8) is 0 Å². The molecule has 0 unspecified atom stereocenters. The Morgan fingerprint density at radius 3 is 2.74 bits per heavy atom. The standard InChI is InChI=1S/C31H35FN2O4/c1-30-9-8-24-23-4-3-20(28(35)34-18-31(29(36)37)10-12-38-13-11-31)14-19(23)2-5-25(24)27(30)7-6-26(30)21-15-22(32)17-33-16-21/h3-4,6,14-17,24-25,27H,2,5,7-13,18H2,1H3,(H,34,35)(H,36,37)/t24-,25-,27+,30-/m1/s1. The van der Waals surface area contributed by atoms with Gasteiger partial charge in [-0.2, -0.15) is 0 Å². The van der Waals surface area contributed by atoms with Gasteiger partial charge < -0.3 is 15.2 Å². The third kappa shape index (κ3) is 4.15. The lowest BCUT2D eigenvalue weighted by molar-refractivity contribution is -0.154. The molecule has 1 aromatic heterocycles. The first-order chi connectivity index (χ1) is 18.3. The monoisotopic (exact) mass is 518 g/mol. The van der Waals surface area contributed by atoms with Crippen molar-refractivity contribution in [1.82, 2.24) is 10.3 Å². The summed E-state index contributed by atoms with van der Waals surface area (Å²) in [5, 5.41) is 12.7. The molecule has 7 heteroatoms. The molecule has 6 rings (SSSR count). The van der Waals surface area contributed by atoms with Crippen LogP contribution in [0.1, 0.15) is 78.4 Å². The molecule has 2 fully saturated rings. The fraction of sp³-hybridized carbons (Fsp3) is 0.516. The summed E-state index contributed by atoms with van der Waals surface area (Å²) in [6.45, 7) is 3.27. The second-order valence-electron chi connectivity index (χ2n) is 11.9. The number of carboxylic acids is 1. The Balaban J connectivity index is 1.17. The van der Waals surface area contributed by atoms with Gasteiger partial charge in [-0.25, -0.2) is 4.39 Å². The molecule has 3 aliphatic carbocycles. The second kappa shape index (κ2) is 9.60. The molecule has 1 saturated carbocycles. The first kappa shape index (κ1) is 25.2. The summed E-state index contributed by atoms with van der Waals surface area (Å²) in [5.41, 5.74) is 4.41. The Hall–Kier alpha value is -3.06. The van der Waals surface area contributed by atoms with E-state index >= 15 is 0 Å². The summed E-state index contributed by atoms with van der Waals surface area (Å²) in [7, 11) is 0. The van der Waals surface area contributed by atoms with Crippen LogP contribution in [0, 0.1) is 28.5 Å². The topological polar surface area (TPSA) is 88.5 Å². The van der Waals surface area contributed by atoms with E-state index in [1.54, 1.807) is 12.3 Å². The molecule has 4 atom stereocenters. The normalized spacial score (nSPS) is 29.4. The van der Waals surface area contributed by atoms with Gasteiger partial charge in [0, 0.05) is 31.5 Å². The van der Waals surface area contributed by atoms with Gasteiger partial charge in [0.15, 0.2) is 0 Å². The van der Waals surface area contributed by atoms with Crippen LogP contribution in [0.4, 0.5) is 4.39 Å². The number of hydrogen-bond donors (Lipinski definition) is 2. The lowest BCUT2D eigenvalue weighted by atomic mass is 9.54. The van der Waals surface area contributed by atoms with Crippen LogP contribution in [0.2, 0.25) is 0 Å². The summed E-state index contributed by atoms with van der Waals surface area (Å²) in [6, 6.07) is 7.66. The van der Waals surface area contributed by atoms with Gasteiger partial charge >= 0.3 is 5.97 Å². The number of nitrogens with one attached hydrogen (secondary N) is 1. The van der Waals surface area contributed by atoms with Gasteiger partial charge in [-0.3, -0.25) is 14.6 Å². The summed E-state index contributed by atoms with van der Waals surface area (Å²) in [5.74, 6) is 0.153. The van der Waals surface area contributed by atoms with Gasteiger partial charge in [0.25, 0.3) is 5.91 Å². The van der Waals surface area contributed by atoms with Gasteiger partial charge in [-0.05, 0) is 109 Å². The first-order valence-electron chi connectivity index (χ1n) is 13.8. The predicted molar refractivity (Wildman–Crippen MR) is 141 cm³/mol. The molecule has 2 heterocycles. The van der Waals surface area contributed by atoms with E-state index in [0.717, 1.165) is 37.7 Å². The number of hydrogen-bond acceptors (Lipinski definition) is 4. The van der Waals surface area contributed by atoms with E-state index in [1.807, 2.05) is 12.1 Å². The largest absolute Gasteiger partial charge is 0.481 e. The van der Waals surface area contributed by atoms with Crippen LogP contribution in [-0.2, 0) is 16.0 Å². The Morgan fingerprint density at radius 2 is 1.97 bits per heavy atom. The molecule has 2 aromatic rings. The number of nitrogens with zero attached hydrogens (tertiary/aromatic N) is 1. The lowest BCUT2D eigenvalue weighted by Crippen LogP contribution is -2.46. The Morgan fingerprint density at radius 1 is 1.16 bits per heavy atom. The van der Waals surface area contributed by atoms with Crippen molar-refractivity contribution in [2.75, 3.05) is 19.8 Å². The minimum Gasteiger partial charge on any atom is -0.481 e. The third-order valence-corrected chi connectivity index (χ3v) is 10.1. The fourth-order valence-corrected chi connectivity index (χ4v) is 7.88. The van der Waals surface area contributed by atoms with Crippen molar-refractivity contribution in [3.8, 4) is 0 Å². The summed E-state index contributed by atoms with van der Waals surface area (Å²) in [6.07, 6.45) is 11.3. The summed E-state index contributed by atoms with van der Waals surface area (Å²) < 4.78 is 19.3. The van der Waals surface area contributed by atoms with Gasteiger partial charge in [0.1, 0.15) is 5.82 Å². The quantitative estimate of drug-likeness (QED) is 0.555. The van der Waals surface area contributed by atoms with Crippen molar-refractivity contribution in [2.24, 2.45) is 22.7 Å². The van der Waals surface area contributed by atoms with Crippen molar-refractivity contribution in [2.45, 2.75) is 57.8 Å². The zero-order valence-electron chi connectivity index (χ0n) is 21.8. The number of aromatic nitrogens is 1. The molecule has 38 heavy (non-hydrogen) atoms. The van der Waals surface area contributed by atoms with Crippen molar-refractivity contribution >= 4 is 17.4 Å². The highest BCUT2D eigenvalue weighted by atomic mass is 19.1. The molecular weight excluding hydrogens is 483 g/mol. The van der Waals surface area contributed by atoms with E-state index in [0.29, 0.717) is 49.4 Å². The zero-order chi connectivity index (χ0) is 26.5. The molecule has 4 aliphatic rings. The number of carbonyl (C=O) groups is 2. The fourth-order valence-electron chi connectivity index (χ4n) is 7.88. The number of halogens is 1. The molecule has 200 valence electrons.